The summed E-state index contributed by atoms with van der Waals surface area (Å²) in [6.07, 6.45) is 0. The van der Waals surface area contributed by atoms with E-state index < -0.39 is 17.9 Å². The normalized spacial score (nSPS) is 11.9. The minimum absolute atomic E-state index is 0.00809. The molecule has 2 N–H and O–H groups in total. The molecule has 5 nitrogen and oxygen atoms in total. The van der Waals surface area contributed by atoms with Gasteiger partial charge in [0.2, 0.25) is 0 Å². The lowest BCUT2D eigenvalue weighted by Gasteiger charge is -2.15. The van der Waals surface area contributed by atoms with Gasteiger partial charge in [0.15, 0.2) is 0 Å². The summed E-state index contributed by atoms with van der Waals surface area (Å²) in [6, 6.07) is 9.83. The molecule has 2 aromatic carbocycles. The highest BCUT2D eigenvalue weighted by atomic mass is 32.1. The van der Waals surface area contributed by atoms with E-state index in [-0.39, 0.29) is 5.75 Å². The zero-order valence-corrected chi connectivity index (χ0v) is 12.3. The number of rotatable bonds is 5. The number of hydrogen-bond donors (Lipinski definition) is 3. The minimum atomic E-state index is -1.13. The summed E-state index contributed by atoms with van der Waals surface area (Å²) in [5, 5.41) is 13.1. The molecule has 0 aromatic heterocycles. The summed E-state index contributed by atoms with van der Waals surface area (Å²) in [4.78, 5) is 23.4. The molecule has 0 spiro atoms. The fraction of sp³-hybridized carbons (Fsp3) is 0.200. The average molecular weight is 305 g/mol. The first kappa shape index (κ1) is 15.2. The van der Waals surface area contributed by atoms with E-state index in [1.165, 1.54) is 7.11 Å². The van der Waals surface area contributed by atoms with Crippen molar-refractivity contribution in [3.63, 3.8) is 0 Å². The monoisotopic (exact) mass is 305 g/mol. The van der Waals surface area contributed by atoms with Gasteiger partial charge in [0.25, 0.3) is 5.91 Å². The van der Waals surface area contributed by atoms with E-state index in [4.69, 9.17) is 9.84 Å². The van der Waals surface area contributed by atoms with Crippen molar-refractivity contribution in [3.05, 3.63) is 42.0 Å². The molecule has 0 aliphatic heterocycles. The van der Waals surface area contributed by atoms with Crippen molar-refractivity contribution in [3.8, 4) is 5.75 Å². The van der Waals surface area contributed by atoms with Crippen molar-refractivity contribution in [2.45, 2.75) is 6.04 Å². The molecular weight excluding hydrogens is 290 g/mol. The van der Waals surface area contributed by atoms with E-state index in [1.807, 2.05) is 24.3 Å². The van der Waals surface area contributed by atoms with Gasteiger partial charge in [0, 0.05) is 5.75 Å². The number of nitrogens with one attached hydrogen (secondary N) is 1. The Hall–Kier alpha value is -2.21. The number of fused-ring (bicyclic) bond motifs is 1. The first-order valence-corrected chi connectivity index (χ1v) is 6.92. The number of methoxy groups -OCH3 is 1. The van der Waals surface area contributed by atoms with Crippen LogP contribution in [-0.4, -0.2) is 35.9 Å². The predicted molar refractivity (Wildman–Crippen MR) is 83.2 cm³/mol. The van der Waals surface area contributed by atoms with Crippen LogP contribution in [0.1, 0.15) is 10.4 Å². The van der Waals surface area contributed by atoms with Gasteiger partial charge in [-0.25, -0.2) is 4.79 Å². The largest absolute Gasteiger partial charge is 0.496 e. The molecule has 110 valence electrons. The Morgan fingerprint density at radius 1 is 1.29 bits per heavy atom. The van der Waals surface area contributed by atoms with E-state index in [9.17, 15) is 9.59 Å². The van der Waals surface area contributed by atoms with Crippen molar-refractivity contribution in [2.75, 3.05) is 12.9 Å². The number of amides is 1. The Labute approximate surface area is 127 Å². The maximum absolute atomic E-state index is 12.4. The van der Waals surface area contributed by atoms with Gasteiger partial charge >= 0.3 is 5.97 Å². The van der Waals surface area contributed by atoms with Gasteiger partial charge in [-0.05, 0) is 16.8 Å². The van der Waals surface area contributed by atoms with Crippen LogP contribution in [-0.2, 0) is 4.79 Å². The Bertz CT molecular complexity index is 686. The summed E-state index contributed by atoms with van der Waals surface area (Å²) in [5.74, 6) is -1.22. The molecule has 0 saturated heterocycles. The summed E-state index contributed by atoms with van der Waals surface area (Å²) in [5.41, 5.74) is 0.323. The van der Waals surface area contributed by atoms with E-state index >= 15 is 0 Å². The Kier molecular flexibility index (Phi) is 4.70. The highest BCUT2D eigenvalue weighted by Gasteiger charge is 2.22. The first-order valence-electron chi connectivity index (χ1n) is 6.28. The molecule has 21 heavy (non-hydrogen) atoms. The van der Waals surface area contributed by atoms with E-state index in [1.54, 1.807) is 12.1 Å². The molecule has 0 aliphatic rings. The van der Waals surface area contributed by atoms with Crippen molar-refractivity contribution in [1.29, 1.82) is 0 Å². The number of carbonyl (C=O) groups excluding carboxylic acids is 1. The van der Waals surface area contributed by atoms with E-state index in [2.05, 4.69) is 17.9 Å². The number of carboxylic acid groups (broad SMARTS) is 1. The van der Waals surface area contributed by atoms with Gasteiger partial charge in [0.1, 0.15) is 11.8 Å². The SMILES string of the molecule is COc1ccc2ccccc2c1C(=O)N[C@@H](CS)C(=O)O. The molecule has 0 bridgehead atoms. The van der Waals surface area contributed by atoms with Gasteiger partial charge in [-0.2, -0.15) is 12.6 Å². The average Bonchev–Trinajstić information content (AvgIpc) is 2.50. The Morgan fingerprint density at radius 3 is 2.62 bits per heavy atom. The van der Waals surface area contributed by atoms with Crippen LogP contribution in [0.3, 0.4) is 0 Å². The first-order chi connectivity index (χ1) is 10.1. The number of ether oxygens (including phenoxy) is 1. The Balaban J connectivity index is 2.48. The van der Waals surface area contributed by atoms with Crippen LogP contribution in [0.4, 0.5) is 0 Å². The number of benzene rings is 2. The number of aliphatic carboxylic acids is 1. The van der Waals surface area contributed by atoms with Gasteiger partial charge in [-0.1, -0.05) is 30.3 Å². The molecule has 0 radical (unpaired) electrons. The third kappa shape index (κ3) is 3.11. The van der Waals surface area contributed by atoms with Gasteiger partial charge in [0.05, 0.1) is 12.7 Å². The lowest BCUT2D eigenvalue weighted by molar-refractivity contribution is -0.138. The number of hydrogen-bond acceptors (Lipinski definition) is 4. The quantitative estimate of drug-likeness (QED) is 0.738. The molecule has 0 fully saturated rings. The minimum Gasteiger partial charge on any atom is -0.496 e. The van der Waals surface area contributed by atoms with Gasteiger partial charge < -0.3 is 15.2 Å². The summed E-state index contributed by atoms with van der Waals surface area (Å²) in [7, 11) is 1.47. The van der Waals surface area contributed by atoms with Crippen LogP contribution in [0, 0.1) is 0 Å². The summed E-state index contributed by atoms with van der Waals surface area (Å²) >= 11 is 3.94. The second-order valence-corrected chi connectivity index (χ2v) is 4.78. The van der Waals surface area contributed by atoms with Crippen LogP contribution in [0.5, 0.6) is 5.75 Å². The van der Waals surface area contributed by atoms with Crippen molar-refractivity contribution in [2.24, 2.45) is 0 Å². The molecule has 6 heteroatoms. The lowest BCUT2D eigenvalue weighted by Crippen LogP contribution is -2.42. The van der Waals surface area contributed by atoms with E-state index in [0.717, 1.165) is 5.39 Å². The van der Waals surface area contributed by atoms with Crippen LogP contribution < -0.4 is 10.1 Å². The number of thiol groups is 1. The fourth-order valence-electron chi connectivity index (χ4n) is 2.07. The molecule has 2 rings (SSSR count). The van der Waals surface area contributed by atoms with E-state index in [0.29, 0.717) is 16.7 Å². The fourth-order valence-corrected chi connectivity index (χ4v) is 2.32. The molecule has 2 aromatic rings. The smallest absolute Gasteiger partial charge is 0.327 e. The highest BCUT2D eigenvalue weighted by Crippen LogP contribution is 2.27. The van der Waals surface area contributed by atoms with Gasteiger partial charge in [-0.3, -0.25) is 4.79 Å². The standard InChI is InChI=1S/C15H15NO4S/c1-20-12-7-6-9-4-2-3-5-10(9)13(12)14(17)16-11(8-21)15(18)19/h2-7,11,21H,8H2,1H3,(H,16,17)(H,18,19)/t11-/m0/s1. The second kappa shape index (κ2) is 6.49. The summed E-state index contributed by atoms with van der Waals surface area (Å²) < 4.78 is 5.22. The van der Waals surface area contributed by atoms with Crippen molar-refractivity contribution >= 4 is 35.3 Å². The number of carbonyl (C=O) groups is 2. The lowest BCUT2D eigenvalue weighted by atomic mass is 10.0. The topological polar surface area (TPSA) is 75.6 Å². The Morgan fingerprint density at radius 2 is 2.00 bits per heavy atom. The third-order valence-corrected chi connectivity index (χ3v) is 3.49. The zero-order chi connectivity index (χ0) is 15.4. The van der Waals surface area contributed by atoms with Crippen LogP contribution in [0.25, 0.3) is 10.8 Å². The van der Waals surface area contributed by atoms with Crippen LogP contribution >= 0.6 is 12.6 Å². The number of carboxylic acids is 1. The maximum atomic E-state index is 12.4. The highest BCUT2D eigenvalue weighted by molar-refractivity contribution is 7.80. The third-order valence-electron chi connectivity index (χ3n) is 3.12. The zero-order valence-electron chi connectivity index (χ0n) is 11.4. The molecule has 0 unspecified atom stereocenters. The predicted octanol–water partition coefficient (Wildman–Crippen LogP) is 1.96. The molecule has 1 amide bonds. The van der Waals surface area contributed by atoms with Crippen LogP contribution in [0.2, 0.25) is 0 Å². The summed E-state index contributed by atoms with van der Waals surface area (Å²) in [6.45, 7) is 0. The molecular formula is C15H15NO4S. The maximum Gasteiger partial charge on any atom is 0.327 e. The molecule has 0 saturated carbocycles. The molecule has 0 aliphatic carbocycles. The van der Waals surface area contributed by atoms with Gasteiger partial charge in [-0.15, -0.1) is 0 Å². The molecule has 0 heterocycles. The van der Waals surface area contributed by atoms with Crippen molar-refractivity contribution in [1.82, 2.24) is 5.32 Å². The second-order valence-electron chi connectivity index (χ2n) is 4.41. The molecule has 1 atom stereocenters. The van der Waals surface area contributed by atoms with Crippen molar-refractivity contribution < 1.29 is 19.4 Å². The van der Waals surface area contributed by atoms with Crippen LogP contribution in [0.15, 0.2) is 36.4 Å².